The van der Waals surface area contributed by atoms with Crippen molar-refractivity contribution in [2.75, 3.05) is 19.0 Å². The molecule has 6 heteroatoms. The van der Waals surface area contributed by atoms with E-state index in [2.05, 4.69) is 15.3 Å². The summed E-state index contributed by atoms with van der Waals surface area (Å²) in [6.07, 6.45) is -0.899. The van der Waals surface area contributed by atoms with Crippen LogP contribution >= 0.6 is 0 Å². The van der Waals surface area contributed by atoms with Crippen LogP contribution < -0.4 is 5.32 Å². The zero-order chi connectivity index (χ0) is 12.1. The molecule has 2 N–H and O–H groups in total. The van der Waals surface area contributed by atoms with Gasteiger partial charge in [0.25, 0.3) is 0 Å². The van der Waals surface area contributed by atoms with Crippen LogP contribution in [-0.4, -0.2) is 40.8 Å². The minimum absolute atomic E-state index is 0.134. The summed E-state index contributed by atoms with van der Waals surface area (Å²) in [6.45, 7) is 3.84. The van der Waals surface area contributed by atoms with Crippen LogP contribution in [0.3, 0.4) is 0 Å². The quantitative estimate of drug-likeness (QED) is 0.763. The highest BCUT2D eigenvalue weighted by Crippen LogP contribution is 2.04. The Bertz CT molecular complexity index is 361. The molecule has 16 heavy (non-hydrogen) atoms. The summed E-state index contributed by atoms with van der Waals surface area (Å²) in [7, 11) is 1.35. The summed E-state index contributed by atoms with van der Waals surface area (Å²) >= 11 is 0. The van der Waals surface area contributed by atoms with Gasteiger partial charge in [0.2, 0.25) is 5.95 Å². The van der Waals surface area contributed by atoms with Crippen LogP contribution in [0.4, 0.5) is 5.95 Å². The van der Waals surface area contributed by atoms with E-state index in [0.29, 0.717) is 5.95 Å². The predicted molar refractivity (Wildman–Crippen MR) is 58.4 cm³/mol. The second-order valence-corrected chi connectivity index (χ2v) is 3.42. The fourth-order valence-electron chi connectivity index (χ4n) is 1.26. The molecular weight excluding hydrogens is 210 g/mol. The van der Waals surface area contributed by atoms with Crippen LogP contribution in [-0.2, 0) is 9.53 Å². The van der Waals surface area contributed by atoms with Gasteiger partial charge in [0.1, 0.15) is 0 Å². The van der Waals surface area contributed by atoms with Gasteiger partial charge in [-0.3, -0.25) is 0 Å². The molecule has 1 unspecified atom stereocenters. The Hall–Kier alpha value is -1.69. The van der Waals surface area contributed by atoms with Crippen molar-refractivity contribution >= 4 is 11.9 Å². The van der Waals surface area contributed by atoms with Crippen molar-refractivity contribution in [2.45, 2.75) is 20.0 Å². The van der Waals surface area contributed by atoms with Gasteiger partial charge in [-0.15, -0.1) is 0 Å². The molecule has 0 aromatic carbocycles. The second-order valence-electron chi connectivity index (χ2n) is 3.42. The molecule has 0 bridgehead atoms. The van der Waals surface area contributed by atoms with Gasteiger partial charge >= 0.3 is 5.97 Å². The maximum absolute atomic E-state index is 10.7. The first-order chi connectivity index (χ1) is 7.52. The number of hydrogen-bond donors (Lipinski definition) is 2. The van der Waals surface area contributed by atoms with Crippen LogP contribution in [0.5, 0.6) is 0 Å². The van der Waals surface area contributed by atoms with Crippen molar-refractivity contribution in [1.82, 2.24) is 9.97 Å². The zero-order valence-corrected chi connectivity index (χ0v) is 9.52. The van der Waals surface area contributed by atoms with Crippen LogP contribution in [0, 0.1) is 13.8 Å². The fraction of sp³-hybridized carbons (Fsp3) is 0.500. The highest BCUT2D eigenvalue weighted by Gasteiger charge is 2.16. The van der Waals surface area contributed by atoms with E-state index < -0.39 is 12.1 Å². The number of carboxylic acid groups (broad SMARTS) is 1. The number of anilines is 1. The summed E-state index contributed by atoms with van der Waals surface area (Å²) in [5.74, 6) is -0.597. The molecular formula is C10H15N3O3. The Balaban J connectivity index is 2.63. The monoisotopic (exact) mass is 225 g/mol. The van der Waals surface area contributed by atoms with E-state index >= 15 is 0 Å². The molecule has 0 aliphatic heterocycles. The third-order valence-electron chi connectivity index (χ3n) is 1.99. The van der Waals surface area contributed by atoms with Crippen LogP contribution in [0.15, 0.2) is 6.07 Å². The standard InChI is InChI=1S/C10H15N3O3/c1-6-4-7(2)13-10(12-6)11-5-8(16-3)9(14)15/h4,8H,5H2,1-3H3,(H,14,15)(H,11,12,13). The molecule has 88 valence electrons. The van der Waals surface area contributed by atoms with E-state index in [1.54, 1.807) is 0 Å². The van der Waals surface area contributed by atoms with Crippen molar-refractivity contribution in [2.24, 2.45) is 0 Å². The van der Waals surface area contributed by atoms with E-state index in [4.69, 9.17) is 9.84 Å². The van der Waals surface area contributed by atoms with Crippen molar-refractivity contribution in [3.05, 3.63) is 17.5 Å². The van der Waals surface area contributed by atoms with Crippen LogP contribution in [0.25, 0.3) is 0 Å². The second kappa shape index (κ2) is 5.41. The smallest absolute Gasteiger partial charge is 0.334 e. The molecule has 0 amide bonds. The van der Waals surface area contributed by atoms with E-state index in [1.165, 1.54) is 7.11 Å². The molecule has 0 saturated heterocycles. The highest BCUT2D eigenvalue weighted by molar-refractivity contribution is 5.73. The molecule has 0 aliphatic rings. The Kier molecular flexibility index (Phi) is 4.19. The maximum Gasteiger partial charge on any atom is 0.334 e. The number of aromatic nitrogens is 2. The first-order valence-corrected chi connectivity index (χ1v) is 4.84. The van der Waals surface area contributed by atoms with E-state index in [1.807, 2.05) is 19.9 Å². The van der Waals surface area contributed by atoms with Crippen LogP contribution in [0.2, 0.25) is 0 Å². The number of aliphatic carboxylic acids is 1. The summed E-state index contributed by atoms with van der Waals surface area (Å²) in [5, 5.41) is 11.6. The zero-order valence-electron chi connectivity index (χ0n) is 9.52. The van der Waals surface area contributed by atoms with E-state index in [9.17, 15) is 4.79 Å². The number of nitrogens with one attached hydrogen (secondary N) is 1. The lowest BCUT2D eigenvalue weighted by Gasteiger charge is -2.11. The molecule has 1 heterocycles. The van der Waals surface area contributed by atoms with Gasteiger partial charge in [-0.05, 0) is 19.9 Å². The van der Waals surface area contributed by atoms with Crippen LogP contribution in [0.1, 0.15) is 11.4 Å². The molecule has 0 spiro atoms. The SMILES string of the molecule is COC(CNc1nc(C)cc(C)n1)C(=O)O. The minimum atomic E-state index is -1.01. The van der Waals surface area contributed by atoms with E-state index in [0.717, 1.165) is 11.4 Å². The first kappa shape index (κ1) is 12.4. The maximum atomic E-state index is 10.7. The summed E-state index contributed by atoms with van der Waals surface area (Å²) in [4.78, 5) is 18.9. The molecule has 0 aliphatic carbocycles. The fourth-order valence-corrected chi connectivity index (χ4v) is 1.26. The minimum Gasteiger partial charge on any atom is -0.479 e. The lowest BCUT2D eigenvalue weighted by atomic mass is 10.3. The third kappa shape index (κ3) is 3.47. The number of hydrogen-bond acceptors (Lipinski definition) is 5. The van der Waals surface area contributed by atoms with Gasteiger partial charge in [-0.2, -0.15) is 0 Å². The predicted octanol–water partition coefficient (Wildman–Crippen LogP) is 0.605. The number of ether oxygens (including phenoxy) is 1. The Morgan fingerprint density at radius 1 is 1.50 bits per heavy atom. The Morgan fingerprint density at radius 2 is 2.06 bits per heavy atom. The molecule has 1 atom stereocenters. The van der Waals surface area contributed by atoms with Crippen molar-refractivity contribution in [3.8, 4) is 0 Å². The third-order valence-corrected chi connectivity index (χ3v) is 1.99. The van der Waals surface area contributed by atoms with Gasteiger partial charge in [-0.1, -0.05) is 0 Å². The molecule has 0 radical (unpaired) electrons. The van der Waals surface area contributed by atoms with Gasteiger partial charge in [0.15, 0.2) is 6.10 Å². The van der Waals surface area contributed by atoms with Crippen molar-refractivity contribution in [1.29, 1.82) is 0 Å². The summed E-state index contributed by atoms with van der Waals surface area (Å²) in [5.41, 5.74) is 1.67. The normalized spacial score (nSPS) is 12.2. The number of rotatable bonds is 5. The highest BCUT2D eigenvalue weighted by atomic mass is 16.5. The molecule has 6 nitrogen and oxygen atoms in total. The number of nitrogens with zero attached hydrogens (tertiary/aromatic N) is 2. The topological polar surface area (TPSA) is 84.3 Å². The van der Waals surface area contributed by atoms with Gasteiger partial charge in [0, 0.05) is 18.5 Å². The van der Waals surface area contributed by atoms with Crippen molar-refractivity contribution < 1.29 is 14.6 Å². The average Bonchev–Trinajstić information content (AvgIpc) is 2.16. The van der Waals surface area contributed by atoms with Gasteiger partial charge < -0.3 is 15.2 Å². The molecule has 1 aromatic rings. The van der Waals surface area contributed by atoms with Gasteiger partial charge in [0.05, 0.1) is 6.54 Å². The summed E-state index contributed by atoms with van der Waals surface area (Å²) < 4.78 is 4.78. The lowest BCUT2D eigenvalue weighted by molar-refractivity contribution is -0.147. The number of methoxy groups -OCH3 is 1. The van der Waals surface area contributed by atoms with Crippen molar-refractivity contribution in [3.63, 3.8) is 0 Å². The largest absolute Gasteiger partial charge is 0.479 e. The first-order valence-electron chi connectivity index (χ1n) is 4.84. The molecule has 0 saturated carbocycles. The summed E-state index contributed by atoms with van der Waals surface area (Å²) in [6, 6.07) is 1.84. The average molecular weight is 225 g/mol. The number of carbonyl (C=O) groups is 1. The Labute approximate surface area is 93.7 Å². The lowest BCUT2D eigenvalue weighted by Crippen LogP contribution is -2.30. The Morgan fingerprint density at radius 3 is 2.50 bits per heavy atom. The van der Waals surface area contributed by atoms with Gasteiger partial charge in [-0.25, -0.2) is 14.8 Å². The molecule has 1 rings (SSSR count). The molecule has 1 aromatic heterocycles. The molecule has 0 fully saturated rings. The number of aryl methyl sites for hydroxylation is 2. The number of carboxylic acids is 1. The van der Waals surface area contributed by atoms with E-state index in [-0.39, 0.29) is 6.54 Å².